The minimum atomic E-state index is 0. The van der Waals surface area contributed by atoms with Crippen LogP contribution < -0.4 is 10.6 Å². The van der Waals surface area contributed by atoms with Crippen LogP contribution in [0.3, 0.4) is 0 Å². The molecule has 3 rings (SSSR count). The molecule has 0 spiro atoms. The van der Waals surface area contributed by atoms with Crippen molar-refractivity contribution in [1.29, 1.82) is 0 Å². The van der Waals surface area contributed by atoms with Crippen LogP contribution in [0.5, 0.6) is 0 Å². The van der Waals surface area contributed by atoms with Gasteiger partial charge >= 0.3 is 0 Å². The first-order valence-corrected chi connectivity index (χ1v) is 9.05. The quantitative estimate of drug-likeness (QED) is 0.835. The van der Waals surface area contributed by atoms with Crippen molar-refractivity contribution < 1.29 is 9.59 Å². The lowest BCUT2D eigenvalue weighted by Gasteiger charge is -2.24. The number of rotatable bonds is 5. The van der Waals surface area contributed by atoms with Gasteiger partial charge in [0, 0.05) is 32.1 Å². The summed E-state index contributed by atoms with van der Waals surface area (Å²) in [7, 11) is 0. The largest absolute Gasteiger partial charge is 0.351 e. The van der Waals surface area contributed by atoms with Gasteiger partial charge in [0.2, 0.25) is 11.8 Å². The van der Waals surface area contributed by atoms with Gasteiger partial charge in [-0.15, -0.1) is 12.4 Å². The van der Waals surface area contributed by atoms with Crippen LogP contribution in [0.25, 0.3) is 0 Å². The molecule has 0 bridgehead atoms. The van der Waals surface area contributed by atoms with Gasteiger partial charge in [0.1, 0.15) is 0 Å². The van der Waals surface area contributed by atoms with Gasteiger partial charge in [0.15, 0.2) is 0 Å². The number of halogens is 1. The Hall–Kier alpha value is -1.59. The van der Waals surface area contributed by atoms with Crippen molar-refractivity contribution in [3.8, 4) is 0 Å². The molecular weight excluding hydrogens is 338 g/mol. The number of piperidine rings is 1. The van der Waals surface area contributed by atoms with Crippen molar-refractivity contribution in [3.63, 3.8) is 0 Å². The topological polar surface area (TPSA) is 61.4 Å². The van der Waals surface area contributed by atoms with Crippen molar-refractivity contribution >= 4 is 24.2 Å². The molecular formula is C19H28ClN3O2. The van der Waals surface area contributed by atoms with Crippen LogP contribution in [0, 0.1) is 5.92 Å². The molecule has 2 fully saturated rings. The Morgan fingerprint density at radius 1 is 1.20 bits per heavy atom. The zero-order valence-corrected chi connectivity index (χ0v) is 15.4. The average Bonchev–Trinajstić information content (AvgIpc) is 3.10. The summed E-state index contributed by atoms with van der Waals surface area (Å²) in [4.78, 5) is 26.5. The van der Waals surface area contributed by atoms with Crippen LogP contribution in [-0.2, 0) is 16.0 Å². The van der Waals surface area contributed by atoms with Crippen LogP contribution in [-0.4, -0.2) is 48.9 Å². The van der Waals surface area contributed by atoms with Crippen LogP contribution >= 0.6 is 12.4 Å². The van der Waals surface area contributed by atoms with E-state index in [0.717, 1.165) is 45.3 Å². The van der Waals surface area contributed by atoms with Crippen molar-refractivity contribution in [2.24, 2.45) is 5.92 Å². The number of carbonyl (C=O) groups is 2. The zero-order valence-electron chi connectivity index (χ0n) is 14.6. The van der Waals surface area contributed by atoms with Gasteiger partial charge in [-0.25, -0.2) is 0 Å². The number of likely N-dealkylation sites (tertiary alicyclic amines) is 1. The number of amides is 2. The fourth-order valence-electron chi connectivity index (χ4n) is 3.55. The monoisotopic (exact) mass is 365 g/mol. The summed E-state index contributed by atoms with van der Waals surface area (Å²) >= 11 is 0. The number of hydrogen-bond donors (Lipinski definition) is 2. The highest BCUT2D eigenvalue weighted by Crippen LogP contribution is 2.15. The molecule has 2 aliphatic rings. The zero-order chi connectivity index (χ0) is 16.8. The van der Waals surface area contributed by atoms with Gasteiger partial charge < -0.3 is 15.5 Å². The van der Waals surface area contributed by atoms with Gasteiger partial charge in [0.25, 0.3) is 0 Å². The predicted molar refractivity (Wildman–Crippen MR) is 101 cm³/mol. The third-order valence-corrected chi connectivity index (χ3v) is 5.03. The van der Waals surface area contributed by atoms with Crippen molar-refractivity contribution in [2.45, 2.75) is 38.1 Å². The van der Waals surface area contributed by atoms with Crippen molar-refractivity contribution in [3.05, 3.63) is 35.9 Å². The summed E-state index contributed by atoms with van der Waals surface area (Å²) in [5.74, 6) is 0.419. The average molecular weight is 366 g/mol. The Bertz CT molecular complexity index is 561. The second-order valence-electron chi connectivity index (χ2n) is 6.86. The highest BCUT2D eigenvalue weighted by atomic mass is 35.5. The second kappa shape index (κ2) is 9.78. The summed E-state index contributed by atoms with van der Waals surface area (Å²) < 4.78 is 0. The Balaban J connectivity index is 0.00000225. The molecule has 2 atom stereocenters. The number of benzene rings is 1. The highest BCUT2D eigenvalue weighted by molar-refractivity contribution is 5.85. The molecule has 0 radical (unpaired) electrons. The molecule has 2 N–H and O–H groups in total. The smallest absolute Gasteiger partial charge is 0.224 e. The Morgan fingerprint density at radius 2 is 2.00 bits per heavy atom. The predicted octanol–water partition coefficient (Wildman–Crippen LogP) is 1.76. The van der Waals surface area contributed by atoms with Crippen LogP contribution in [0.4, 0.5) is 0 Å². The van der Waals surface area contributed by atoms with Crippen molar-refractivity contribution in [1.82, 2.24) is 15.5 Å². The lowest BCUT2D eigenvalue weighted by molar-refractivity contribution is -0.131. The molecule has 2 heterocycles. The first-order valence-electron chi connectivity index (χ1n) is 9.05. The third kappa shape index (κ3) is 5.72. The van der Waals surface area contributed by atoms with Crippen LogP contribution in [0.2, 0.25) is 0 Å². The first-order chi connectivity index (χ1) is 11.7. The standard InChI is InChI=1S/C19H27N3O2.ClH/c23-18(9-8-15-5-2-1-3-6-15)22-12-10-17(14-22)21-19(24)16-7-4-11-20-13-16;/h1-3,5-6,16-17,20H,4,7-14H2,(H,21,24);1H. The molecule has 6 heteroatoms. The summed E-state index contributed by atoms with van der Waals surface area (Å²) in [6, 6.07) is 10.2. The molecule has 5 nitrogen and oxygen atoms in total. The first kappa shape index (κ1) is 19.7. The van der Waals surface area contributed by atoms with Gasteiger partial charge in [-0.05, 0) is 37.8 Å². The maximum Gasteiger partial charge on any atom is 0.224 e. The van der Waals surface area contributed by atoms with E-state index in [4.69, 9.17) is 0 Å². The molecule has 0 aliphatic carbocycles. The number of carbonyl (C=O) groups excluding carboxylic acids is 2. The van der Waals surface area contributed by atoms with E-state index in [9.17, 15) is 9.59 Å². The van der Waals surface area contributed by atoms with E-state index in [1.807, 2.05) is 23.1 Å². The van der Waals surface area contributed by atoms with Gasteiger partial charge in [-0.2, -0.15) is 0 Å². The van der Waals surface area contributed by atoms with E-state index in [0.29, 0.717) is 13.0 Å². The molecule has 138 valence electrons. The second-order valence-corrected chi connectivity index (χ2v) is 6.86. The van der Waals surface area contributed by atoms with E-state index in [1.165, 1.54) is 5.56 Å². The summed E-state index contributed by atoms with van der Waals surface area (Å²) in [6.45, 7) is 3.19. The van der Waals surface area contributed by atoms with Crippen molar-refractivity contribution in [2.75, 3.05) is 26.2 Å². The molecule has 2 unspecified atom stereocenters. The summed E-state index contributed by atoms with van der Waals surface area (Å²) in [5.41, 5.74) is 1.19. The number of nitrogens with zero attached hydrogens (tertiary/aromatic N) is 1. The van der Waals surface area contributed by atoms with Gasteiger partial charge in [0.05, 0.1) is 5.92 Å². The minimum absolute atomic E-state index is 0. The Labute approximate surface area is 155 Å². The minimum Gasteiger partial charge on any atom is -0.351 e. The molecule has 1 aromatic rings. The van der Waals surface area contributed by atoms with Gasteiger partial charge in [-0.1, -0.05) is 30.3 Å². The van der Waals surface area contributed by atoms with Crippen LogP contribution in [0.1, 0.15) is 31.2 Å². The number of aryl methyl sites for hydroxylation is 1. The summed E-state index contributed by atoms with van der Waals surface area (Å²) in [6.07, 6.45) is 4.21. The normalized spacial score (nSPS) is 23.0. The maximum atomic E-state index is 12.4. The molecule has 25 heavy (non-hydrogen) atoms. The molecule has 0 aromatic heterocycles. The lowest BCUT2D eigenvalue weighted by Crippen LogP contribution is -2.45. The van der Waals surface area contributed by atoms with Gasteiger partial charge in [-0.3, -0.25) is 9.59 Å². The van der Waals surface area contributed by atoms with E-state index in [1.54, 1.807) is 0 Å². The summed E-state index contributed by atoms with van der Waals surface area (Å²) in [5, 5.41) is 6.41. The fraction of sp³-hybridized carbons (Fsp3) is 0.579. The molecule has 1 aromatic carbocycles. The SMILES string of the molecule is Cl.O=C(NC1CCN(C(=O)CCc2ccccc2)C1)C1CCCNC1. The Kier molecular flexibility index (Phi) is 7.72. The van der Waals surface area contributed by atoms with E-state index >= 15 is 0 Å². The molecule has 2 saturated heterocycles. The third-order valence-electron chi connectivity index (χ3n) is 5.03. The molecule has 0 saturated carbocycles. The Morgan fingerprint density at radius 3 is 2.72 bits per heavy atom. The number of nitrogens with one attached hydrogen (secondary N) is 2. The lowest BCUT2D eigenvalue weighted by atomic mass is 9.98. The van der Waals surface area contributed by atoms with E-state index in [2.05, 4.69) is 22.8 Å². The maximum absolute atomic E-state index is 12.4. The molecule has 2 amide bonds. The molecule has 2 aliphatic heterocycles. The highest BCUT2D eigenvalue weighted by Gasteiger charge is 2.29. The number of hydrogen-bond acceptors (Lipinski definition) is 3. The van der Waals surface area contributed by atoms with E-state index < -0.39 is 0 Å². The van der Waals surface area contributed by atoms with Crippen LogP contribution in [0.15, 0.2) is 30.3 Å². The fourth-order valence-corrected chi connectivity index (χ4v) is 3.55. The van der Waals surface area contributed by atoms with E-state index in [-0.39, 0.29) is 36.2 Å².